The van der Waals surface area contributed by atoms with E-state index < -0.39 is 0 Å². The van der Waals surface area contributed by atoms with Crippen LogP contribution in [0.4, 0.5) is 4.39 Å². The lowest BCUT2D eigenvalue weighted by Gasteiger charge is -2.09. The van der Waals surface area contributed by atoms with Crippen molar-refractivity contribution in [1.29, 1.82) is 0 Å². The molecule has 0 saturated carbocycles. The van der Waals surface area contributed by atoms with Gasteiger partial charge in [0.05, 0.1) is 5.02 Å². The molecule has 4 heteroatoms. The van der Waals surface area contributed by atoms with Crippen LogP contribution >= 0.6 is 11.6 Å². The Hall–Kier alpha value is -1.84. The van der Waals surface area contributed by atoms with Gasteiger partial charge in [0.2, 0.25) is 0 Å². The zero-order valence-electron chi connectivity index (χ0n) is 11.5. The predicted molar refractivity (Wildman–Crippen MR) is 85.2 cm³/mol. The van der Waals surface area contributed by atoms with Crippen LogP contribution < -0.4 is 5.73 Å². The van der Waals surface area contributed by atoms with Crippen molar-refractivity contribution in [3.05, 3.63) is 70.6 Å². The van der Waals surface area contributed by atoms with E-state index in [4.69, 9.17) is 17.3 Å². The van der Waals surface area contributed by atoms with Gasteiger partial charge in [-0.05, 0) is 47.7 Å². The molecule has 2 nitrogen and oxygen atoms in total. The molecule has 0 amide bonds. The van der Waals surface area contributed by atoms with Crippen molar-refractivity contribution in [2.24, 2.45) is 5.73 Å². The third kappa shape index (κ3) is 2.80. The van der Waals surface area contributed by atoms with Gasteiger partial charge in [0, 0.05) is 18.3 Å². The van der Waals surface area contributed by atoms with Gasteiger partial charge in [-0.15, -0.1) is 0 Å². The minimum absolute atomic E-state index is 0.192. The van der Waals surface area contributed by atoms with Crippen LogP contribution in [0.25, 0.3) is 10.9 Å². The average Bonchev–Trinajstić information content (AvgIpc) is 2.87. The molecule has 1 aromatic heterocycles. The lowest BCUT2D eigenvalue weighted by atomic mass is 10.1. The fourth-order valence-corrected chi connectivity index (χ4v) is 2.73. The highest BCUT2D eigenvalue weighted by Crippen LogP contribution is 2.24. The van der Waals surface area contributed by atoms with Crippen LogP contribution in [0.3, 0.4) is 0 Å². The van der Waals surface area contributed by atoms with E-state index in [2.05, 4.69) is 28.8 Å². The van der Waals surface area contributed by atoms with Crippen LogP contribution in [0, 0.1) is 5.82 Å². The first-order valence-corrected chi connectivity index (χ1v) is 7.27. The van der Waals surface area contributed by atoms with Gasteiger partial charge in [-0.2, -0.15) is 0 Å². The van der Waals surface area contributed by atoms with Crippen molar-refractivity contribution in [2.75, 3.05) is 6.54 Å². The number of nitrogens with two attached hydrogens (primary N) is 1. The zero-order valence-corrected chi connectivity index (χ0v) is 12.3. The molecule has 0 radical (unpaired) electrons. The first-order chi connectivity index (χ1) is 10.2. The molecule has 3 rings (SSSR count). The van der Waals surface area contributed by atoms with Gasteiger partial charge >= 0.3 is 0 Å². The van der Waals surface area contributed by atoms with Crippen molar-refractivity contribution in [3.8, 4) is 0 Å². The number of benzene rings is 2. The minimum Gasteiger partial charge on any atom is -0.343 e. The molecule has 0 bridgehead atoms. The van der Waals surface area contributed by atoms with E-state index in [1.165, 1.54) is 11.6 Å². The predicted octanol–water partition coefficient (Wildman–Crippen LogP) is 3.98. The van der Waals surface area contributed by atoms with E-state index in [0.717, 1.165) is 22.9 Å². The van der Waals surface area contributed by atoms with E-state index in [1.54, 1.807) is 6.07 Å². The molecule has 0 unspecified atom stereocenters. The molecule has 1 heterocycles. The Labute approximate surface area is 127 Å². The number of hydrogen-bond acceptors (Lipinski definition) is 1. The SMILES string of the molecule is NCCc1ccc2ccn(Cc3cccc(F)c3Cl)c2c1. The van der Waals surface area contributed by atoms with Crippen molar-refractivity contribution < 1.29 is 4.39 Å². The highest BCUT2D eigenvalue weighted by atomic mass is 35.5. The summed E-state index contributed by atoms with van der Waals surface area (Å²) in [6.45, 7) is 1.17. The number of fused-ring (bicyclic) bond motifs is 1. The minimum atomic E-state index is -0.380. The van der Waals surface area contributed by atoms with Crippen LogP contribution in [-0.4, -0.2) is 11.1 Å². The normalized spacial score (nSPS) is 11.2. The lowest BCUT2D eigenvalue weighted by Crippen LogP contribution is -2.03. The Kier molecular flexibility index (Phi) is 3.95. The molecule has 0 atom stereocenters. The Bertz CT molecular complexity index is 780. The second kappa shape index (κ2) is 5.88. The lowest BCUT2D eigenvalue weighted by molar-refractivity contribution is 0.624. The Morgan fingerprint density at radius 1 is 1.14 bits per heavy atom. The molecule has 2 N–H and O–H groups in total. The van der Waals surface area contributed by atoms with E-state index in [0.29, 0.717) is 13.1 Å². The Morgan fingerprint density at radius 2 is 2.00 bits per heavy atom. The van der Waals surface area contributed by atoms with Crippen LogP contribution in [0.15, 0.2) is 48.7 Å². The summed E-state index contributed by atoms with van der Waals surface area (Å²) in [4.78, 5) is 0. The second-order valence-electron chi connectivity index (χ2n) is 5.09. The maximum atomic E-state index is 13.5. The highest BCUT2D eigenvalue weighted by Gasteiger charge is 2.08. The van der Waals surface area contributed by atoms with Gasteiger partial charge in [0.15, 0.2) is 0 Å². The standard InChI is InChI=1S/C17H16ClFN2/c18-17-14(2-1-3-15(17)19)11-21-9-7-13-5-4-12(6-8-20)10-16(13)21/h1-5,7,9-10H,6,8,11,20H2. The molecule has 0 saturated heterocycles. The van der Waals surface area contributed by atoms with E-state index in [-0.39, 0.29) is 10.8 Å². The molecular formula is C17H16ClFN2. The van der Waals surface area contributed by atoms with Gasteiger partial charge in [0.25, 0.3) is 0 Å². The number of aromatic nitrogens is 1. The fourth-order valence-electron chi connectivity index (χ4n) is 2.54. The van der Waals surface area contributed by atoms with E-state index >= 15 is 0 Å². The fraction of sp³-hybridized carbons (Fsp3) is 0.176. The highest BCUT2D eigenvalue weighted by molar-refractivity contribution is 6.31. The molecule has 3 aromatic rings. The summed E-state index contributed by atoms with van der Waals surface area (Å²) in [5.74, 6) is -0.380. The number of rotatable bonds is 4. The smallest absolute Gasteiger partial charge is 0.142 e. The molecule has 21 heavy (non-hydrogen) atoms. The molecule has 0 aliphatic rings. The molecule has 2 aromatic carbocycles. The summed E-state index contributed by atoms with van der Waals surface area (Å²) >= 11 is 6.04. The topological polar surface area (TPSA) is 30.9 Å². The van der Waals surface area contributed by atoms with Crippen molar-refractivity contribution >= 4 is 22.5 Å². The molecule has 0 aliphatic carbocycles. The Balaban J connectivity index is 2.00. The van der Waals surface area contributed by atoms with E-state index in [9.17, 15) is 4.39 Å². The van der Waals surface area contributed by atoms with Crippen LogP contribution in [0.5, 0.6) is 0 Å². The molecule has 0 fully saturated rings. The van der Waals surface area contributed by atoms with Gasteiger partial charge in [-0.25, -0.2) is 4.39 Å². The first kappa shape index (κ1) is 14.1. The average molecular weight is 303 g/mol. The molecule has 108 valence electrons. The summed E-state index contributed by atoms with van der Waals surface area (Å²) in [6, 6.07) is 13.3. The zero-order chi connectivity index (χ0) is 14.8. The summed E-state index contributed by atoms with van der Waals surface area (Å²) < 4.78 is 15.6. The monoisotopic (exact) mass is 302 g/mol. The van der Waals surface area contributed by atoms with Crippen LogP contribution in [-0.2, 0) is 13.0 Å². The third-order valence-electron chi connectivity index (χ3n) is 3.64. The molecule has 0 spiro atoms. The van der Waals surface area contributed by atoms with E-state index in [1.807, 2.05) is 12.3 Å². The van der Waals surface area contributed by atoms with Crippen molar-refractivity contribution in [1.82, 2.24) is 4.57 Å². The number of nitrogens with zero attached hydrogens (tertiary/aromatic N) is 1. The number of hydrogen-bond donors (Lipinski definition) is 1. The van der Waals surface area contributed by atoms with Crippen LogP contribution in [0.2, 0.25) is 5.02 Å². The van der Waals surface area contributed by atoms with Gasteiger partial charge in [0.1, 0.15) is 5.82 Å². The summed E-state index contributed by atoms with van der Waals surface area (Å²) in [5.41, 5.74) is 8.70. The number of halogens is 2. The van der Waals surface area contributed by atoms with Gasteiger partial charge < -0.3 is 10.3 Å². The maximum absolute atomic E-state index is 13.5. The molecule has 0 aliphatic heterocycles. The summed E-state index contributed by atoms with van der Waals surface area (Å²) in [6.07, 6.45) is 2.85. The van der Waals surface area contributed by atoms with Gasteiger partial charge in [-0.3, -0.25) is 0 Å². The van der Waals surface area contributed by atoms with Crippen LogP contribution in [0.1, 0.15) is 11.1 Å². The second-order valence-corrected chi connectivity index (χ2v) is 5.47. The van der Waals surface area contributed by atoms with Crippen molar-refractivity contribution in [3.63, 3.8) is 0 Å². The van der Waals surface area contributed by atoms with Gasteiger partial charge in [-0.1, -0.05) is 35.9 Å². The van der Waals surface area contributed by atoms with Crippen molar-refractivity contribution in [2.45, 2.75) is 13.0 Å². The summed E-state index contributed by atoms with van der Waals surface area (Å²) in [5, 5.41) is 1.35. The maximum Gasteiger partial charge on any atom is 0.142 e. The Morgan fingerprint density at radius 3 is 2.81 bits per heavy atom. The summed E-state index contributed by atoms with van der Waals surface area (Å²) in [7, 11) is 0. The third-order valence-corrected chi connectivity index (χ3v) is 4.07. The molecular weight excluding hydrogens is 287 g/mol. The quantitative estimate of drug-likeness (QED) is 0.776. The first-order valence-electron chi connectivity index (χ1n) is 6.90. The largest absolute Gasteiger partial charge is 0.343 e.